The van der Waals surface area contributed by atoms with Gasteiger partial charge in [0.1, 0.15) is 5.75 Å². The van der Waals surface area contributed by atoms with E-state index in [1.165, 1.54) is 18.5 Å². The van der Waals surface area contributed by atoms with E-state index in [9.17, 15) is 9.00 Å². The lowest BCUT2D eigenvalue weighted by atomic mass is 10.2. The summed E-state index contributed by atoms with van der Waals surface area (Å²) < 4.78 is 10.9. The monoisotopic (exact) mass is 242 g/mol. The van der Waals surface area contributed by atoms with Gasteiger partial charge in [-0.15, -0.1) is 0 Å². The summed E-state index contributed by atoms with van der Waals surface area (Å²) in [5.74, 6) is 0.0126. The first-order valence-corrected chi connectivity index (χ1v) is 6.46. The number of carbonyl (C=O) groups is 1. The van der Waals surface area contributed by atoms with Gasteiger partial charge in [0.15, 0.2) is 0 Å². The van der Waals surface area contributed by atoms with Crippen molar-refractivity contribution in [2.24, 2.45) is 0 Å². The molecule has 1 heterocycles. The Kier molecular flexibility index (Phi) is 4.42. The molecule has 1 aromatic heterocycles. The van der Waals surface area contributed by atoms with Crippen LogP contribution in [0.3, 0.4) is 0 Å². The minimum Gasteiger partial charge on any atom is -0.506 e. The van der Waals surface area contributed by atoms with Crippen molar-refractivity contribution >= 4 is 16.7 Å². The van der Waals surface area contributed by atoms with Crippen LogP contribution in [0.5, 0.6) is 5.75 Å². The highest BCUT2D eigenvalue weighted by Gasteiger charge is 2.11. The molecule has 6 heteroatoms. The van der Waals surface area contributed by atoms with Crippen molar-refractivity contribution in [3.05, 3.63) is 24.0 Å². The van der Waals surface area contributed by atoms with Gasteiger partial charge in [-0.3, -0.25) is 14.0 Å². The molecule has 0 saturated carbocycles. The number of hydrogen-bond donors (Lipinski definition) is 2. The lowest BCUT2D eigenvalue weighted by molar-refractivity contribution is 0.0943. The van der Waals surface area contributed by atoms with E-state index in [0.717, 1.165) is 0 Å². The Morgan fingerprint density at radius 3 is 2.88 bits per heavy atom. The molecule has 0 aromatic carbocycles. The molecule has 1 rings (SSSR count). The molecule has 2 unspecified atom stereocenters. The summed E-state index contributed by atoms with van der Waals surface area (Å²) in [6.07, 6.45) is 4.20. The van der Waals surface area contributed by atoms with Gasteiger partial charge in [0.25, 0.3) is 5.91 Å². The van der Waals surface area contributed by atoms with E-state index in [2.05, 4.69) is 10.3 Å². The van der Waals surface area contributed by atoms with Crippen LogP contribution < -0.4 is 5.32 Å². The van der Waals surface area contributed by atoms with E-state index in [1.54, 1.807) is 13.2 Å². The van der Waals surface area contributed by atoms with Crippen molar-refractivity contribution in [3.8, 4) is 5.75 Å². The molecule has 0 bridgehead atoms. The number of amides is 1. The Morgan fingerprint density at radius 1 is 1.62 bits per heavy atom. The van der Waals surface area contributed by atoms with Gasteiger partial charge in [-0.2, -0.15) is 0 Å². The lowest BCUT2D eigenvalue weighted by Crippen LogP contribution is -2.36. The van der Waals surface area contributed by atoms with Gasteiger partial charge < -0.3 is 10.4 Å². The fourth-order valence-corrected chi connectivity index (χ4v) is 2.04. The van der Waals surface area contributed by atoms with E-state index < -0.39 is 10.8 Å². The second kappa shape index (κ2) is 5.60. The molecule has 0 fully saturated rings. The van der Waals surface area contributed by atoms with Crippen LogP contribution in [0, 0.1) is 0 Å². The van der Waals surface area contributed by atoms with E-state index in [-0.39, 0.29) is 23.3 Å². The minimum absolute atomic E-state index is 0.0561. The smallest absolute Gasteiger partial charge is 0.253 e. The minimum atomic E-state index is -0.953. The number of pyridine rings is 1. The summed E-state index contributed by atoms with van der Waals surface area (Å²) in [6.45, 7) is 1.77. The maximum atomic E-state index is 11.6. The molecule has 0 aliphatic carbocycles. The molecule has 1 aromatic rings. The summed E-state index contributed by atoms with van der Waals surface area (Å²) >= 11 is 0. The van der Waals surface area contributed by atoms with Gasteiger partial charge in [-0.05, 0) is 13.0 Å². The number of aromatic nitrogens is 1. The van der Waals surface area contributed by atoms with Gasteiger partial charge in [0.2, 0.25) is 0 Å². The van der Waals surface area contributed by atoms with Crippen LogP contribution in [0.4, 0.5) is 0 Å². The van der Waals surface area contributed by atoms with Crippen molar-refractivity contribution in [3.63, 3.8) is 0 Å². The number of nitrogens with zero attached hydrogens (tertiary/aromatic N) is 1. The quantitative estimate of drug-likeness (QED) is 0.795. The largest absolute Gasteiger partial charge is 0.506 e. The van der Waals surface area contributed by atoms with Gasteiger partial charge >= 0.3 is 0 Å². The Labute approximate surface area is 96.4 Å². The third-order valence-corrected chi connectivity index (χ3v) is 2.82. The van der Waals surface area contributed by atoms with Crippen LogP contribution in [0.1, 0.15) is 17.3 Å². The number of carbonyl (C=O) groups excluding carboxylic acids is 1. The third kappa shape index (κ3) is 3.98. The molecule has 0 aliphatic heterocycles. The predicted octanol–water partition coefficient (Wildman–Crippen LogP) is 0.284. The summed E-state index contributed by atoms with van der Waals surface area (Å²) in [6, 6.07) is 1.15. The highest BCUT2D eigenvalue weighted by atomic mass is 32.2. The lowest BCUT2D eigenvalue weighted by Gasteiger charge is -2.12. The fourth-order valence-electron chi connectivity index (χ4n) is 1.25. The number of aromatic hydroxyl groups is 1. The van der Waals surface area contributed by atoms with Crippen molar-refractivity contribution < 1.29 is 14.1 Å². The highest BCUT2D eigenvalue weighted by Crippen LogP contribution is 2.08. The first-order chi connectivity index (χ1) is 7.49. The maximum absolute atomic E-state index is 11.6. The van der Waals surface area contributed by atoms with Crippen LogP contribution in [0.2, 0.25) is 0 Å². The Morgan fingerprint density at radius 2 is 2.31 bits per heavy atom. The Hall–Kier alpha value is -1.43. The average molecular weight is 242 g/mol. The zero-order valence-corrected chi connectivity index (χ0v) is 9.95. The number of hydrogen-bond acceptors (Lipinski definition) is 4. The fraction of sp³-hybridized carbons (Fsp3) is 0.400. The highest BCUT2D eigenvalue weighted by molar-refractivity contribution is 7.84. The molecule has 16 heavy (non-hydrogen) atoms. The van der Waals surface area contributed by atoms with Crippen LogP contribution in [0.15, 0.2) is 18.5 Å². The van der Waals surface area contributed by atoms with Crippen LogP contribution in [-0.4, -0.2) is 38.3 Å². The Balaban J connectivity index is 2.62. The molecule has 0 radical (unpaired) electrons. The molecule has 1 amide bonds. The second-order valence-electron chi connectivity index (χ2n) is 3.55. The zero-order valence-electron chi connectivity index (χ0n) is 9.14. The first kappa shape index (κ1) is 12.6. The van der Waals surface area contributed by atoms with Crippen LogP contribution in [-0.2, 0) is 10.8 Å². The van der Waals surface area contributed by atoms with Crippen molar-refractivity contribution in [1.29, 1.82) is 0 Å². The number of rotatable bonds is 4. The first-order valence-electron chi connectivity index (χ1n) is 4.74. The summed E-state index contributed by atoms with van der Waals surface area (Å²) in [5.41, 5.74) is 0.286. The topological polar surface area (TPSA) is 79.3 Å². The summed E-state index contributed by atoms with van der Waals surface area (Å²) in [5, 5.41) is 11.8. The Bertz CT molecular complexity index is 409. The number of nitrogens with one attached hydrogen (secondary N) is 1. The molecule has 2 N–H and O–H groups in total. The van der Waals surface area contributed by atoms with Crippen LogP contribution >= 0.6 is 0 Å². The van der Waals surface area contributed by atoms with E-state index >= 15 is 0 Å². The second-order valence-corrected chi connectivity index (χ2v) is 5.03. The van der Waals surface area contributed by atoms with E-state index in [4.69, 9.17) is 5.11 Å². The third-order valence-electron chi connectivity index (χ3n) is 1.85. The summed E-state index contributed by atoms with van der Waals surface area (Å²) in [4.78, 5) is 15.3. The SMILES string of the molecule is CC(CS(C)=O)NC(=O)c1cncc(O)c1. The van der Waals surface area contributed by atoms with Gasteiger partial charge in [-0.1, -0.05) is 0 Å². The molecule has 5 nitrogen and oxygen atoms in total. The van der Waals surface area contributed by atoms with Crippen molar-refractivity contribution in [2.75, 3.05) is 12.0 Å². The molecule has 0 aliphatic rings. The standard InChI is InChI=1S/C10H14N2O3S/c1-7(6-16(2)15)12-10(14)8-3-9(13)5-11-4-8/h3-5,7,13H,6H2,1-2H3,(H,12,14). The molecule has 0 spiro atoms. The summed E-state index contributed by atoms with van der Waals surface area (Å²) in [7, 11) is -0.953. The van der Waals surface area contributed by atoms with E-state index in [1.807, 2.05) is 0 Å². The average Bonchev–Trinajstić information content (AvgIpc) is 2.16. The predicted molar refractivity (Wildman–Crippen MR) is 61.8 cm³/mol. The van der Waals surface area contributed by atoms with Crippen molar-refractivity contribution in [2.45, 2.75) is 13.0 Å². The molecule has 2 atom stereocenters. The molecular weight excluding hydrogens is 228 g/mol. The van der Waals surface area contributed by atoms with Gasteiger partial charge in [0.05, 0.1) is 11.8 Å². The molecule has 0 saturated heterocycles. The van der Waals surface area contributed by atoms with E-state index in [0.29, 0.717) is 5.75 Å². The normalized spacial score (nSPS) is 14.1. The zero-order chi connectivity index (χ0) is 12.1. The molecular formula is C10H14N2O3S. The van der Waals surface area contributed by atoms with Crippen molar-refractivity contribution in [1.82, 2.24) is 10.3 Å². The van der Waals surface area contributed by atoms with Crippen LogP contribution in [0.25, 0.3) is 0 Å². The van der Waals surface area contributed by atoms with Gasteiger partial charge in [0, 0.05) is 35.0 Å². The van der Waals surface area contributed by atoms with Gasteiger partial charge in [-0.25, -0.2) is 0 Å². The molecule has 88 valence electrons. The maximum Gasteiger partial charge on any atom is 0.253 e.